The van der Waals surface area contributed by atoms with Gasteiger partial charge in [-0.15, -0.1) is 0 Å². The average molecular weight is 300 g/mol. The third kappa shape index (κ3) is 5.37. The average Bonchev–Trinajstić information content (AvgIpc) is 2.36. The maximum atomic E-state index is 11.9. The first kappa shape index (κ1) is 16.1. The van der Waals surface area contributed by atoms with Crippen molar-refractivity contribution in [2.75, 3.05) is 13.2 Å². The summed E-state index contributed by atoms with van der Waals surface area (Å²) in [6.07, 6.45) is -0.182. The first-order chi connectivity index (χ1) is 9.31. The van der Waals surface area contributed by atoms with Crippen LogP contribution in [0.25, 0.3) is 0 Å². The van der Waals surface area contributed by atoms with Gasteiger partial charge in [0, 0.05) is 6.54 Å². The quantitative estimate of drug-likeness (QED) is 0.670. The molecule has 0 heterocycles. The van der Waals surface area contributed by atoms with Crippen molar-refractivity contribution in [3.05, 3.63) is 29.8 Å². The van der Waals surface area contributed by atoms with Gasteiger partial charge in [0.15, 0.2) is 6.61 Å². The number of benzene rings is 1. The summed E-state index contributed by atoms with van der Waals surface area (Å²) in [6, 6.07) is 6.30. The molecule has 7 nitrogen and oxygen atoms in total. The molecule has 0 aliphatic carbocycles. The minimum Gasteiger partial charge on any atom is -0.456 e. The predicted molar refractivity (Wildman–Crippen MR) is 71.1 cm³/mol. The van der Waals surface area contributed by atoms with Crippen molar-refractivity contribution in [1.82, 2.24) is 4.72 Å². The Morgan fingerprint density at radius 3 is 2.40 bits per heavy atom. The van der Waals surface area contributed by atoms with Crippen molar-refractivity contribution in [3.63, 3.8) is 0 Å². The maximum absolute atomic E-state index is 11.9. The van der Waals surface area contributed by atoms with Gasteiger partial charge in [-0.3, -0.25) is 9.59 Å². The van der Waals surface area contributed by atoms with E-state index in [0.29, 0.717) is 0 Å². The molecule has 3 N–H and O–H groups in total. The lowest BCUT2D eigenvalue weighted by atomic mass is 10.2. The molecule has 1 aromatic carbocycles. The number of nitrogens with two attached hydrogens (primary N) is 1. The number of aryl methyl sites for hydroxylation is 1. The zero-order valence-electron chi connectivity index (χ0n) is 11.0. The highest BCUT2D eigenvalue weighted by Crippen LogP contribution is 2.09. The summed E-state index contributed by atoms with van der Waals surface area (Å²) in [4.78, 5) is 21.7. The van der Waals surface area contributed by atoms with E-state index in [2.05, 4.69) is 9.46 Å². The fraction of sp³-hybridized carbons (Fsp3) is 0.333. The molecular formula is C12H16N2O5S. The number of sulfonamides is 1. The van der Waals surface area contributed by atoms with E-state index in [1.807, 2.05) is 6.92 Å². The first-order valence-electron chi connectivity index (χ1n) is 5.81. The molecule has 0 bridgehead atoms. The summed E-state index contributed by atoms with van der Waals surface area (Å²) < 4.78 is 30.5. The molecule has 0 saturated carbocycles. The van der Waals surface area contributed by atoms with E-state index in [0.717, 1.165) is 5.56 Å². The lowest BCUT2D eigenvalue weighted by Gasteiger charge is -2.07. The summed E-state index contributed by atoms with van der Waals surface area (Å²) in [5.74, 6) is -1.46. The van der Waals surface area contributed by atoms with Gasteiger partial charge in [0.1, 0.15) is 0 Å². The van der Waals surface area contributed by atoms with Crippen LogP contribution in [0.4, 0.5) is 0 Å². The van der Waals surface area contributed by atoms with Crippen molar-refractivity contribution < 1.29 is 22.7 Å². The van der Waals surface area contributed by atoms with Crippen molar-refractivity contribution in [2.45, 2.75) is 18.2 Å². The second kappa shape index (κ2) is 7.01. The van der Waals surface area contributed by atoms with E-state index in [1.54, 1.807) is 12.1 Å². The van der Waals surface area contributed by atoms with E-state index in [4.69, 9.17) is 5.73 Å². The zero-order valence-corrected chi connectivity index (χ0v) is 11.8. The number of rotatable bonds is 7. The minimum atomic E-state index is -3.65. The molecule has 0 unspecified atom stereocenters. The number of hydrogen-bond donors (Lipinski definition) is 2. The van der Waals surface area contributed by atoms with Crippen LogP contribution in [-0.4, -0.2) is 33.4 Å². The Hall–Kier alpha value is -1.93. The van der Waals surface area contributed by atoms with Crippen molar-refractivity contribution >= 4 is 21.9 Å². The fourth-order valence-corrected chi connectivity index (χ4v) is 2.34. The standard InChI is InChI=1S/C12H16N2O5S/c1-9-2-4-10(5-3-9)20(17,18)14-7-6-12(16)19-8-11(13)15/h2-5,14H,6-8H2,1H3,(H2,13,15). The Morgan fingerprint density at radius 1 is 1.25 bits per heavy atom. The number of ether oxygens (including phenoxy) is 1. The minimum absolute atomic E-state index is 0.117. The number of carbonyl (C=O) groups is 2. The Balaban J connectivity index is 2.46. The van der Waals surface area contributed by atoms with Gasteiger partial charge in [-0.1, -0.05) is 17.7 Å². The Bertz CT molecular complexity index is 580. The van der Waals surface area contributed by atoms with E-state index in [1.165, 1.54) is 12.1 Å². The van der Waals surface area contributed by atoms with Gasteiger partial charge in [-0.2, -0.15) is 0 Å². The molecule has 8 heteroatoms. The van der Waals surface area contributed by atoms with E-state index < -0.39 is 28.5 Å². The van der Waals surface area contributed by atoms with Gasteiger partial charge < -0.3 is 10.5 Å². The third-order valence-corrected chi connectivity index (χ3v) is 3.80. The molecule has 0 atom stereocenters. The highest BCUT2D eigenvalue weighted by atomic mass is 32.2. The van der Waals surface area contributed by atoms with Gasteiger partial charge in [0.25, 0.3) is 5.91 Å². The zero-order chi connectivity index (χ0) is 15.2. The van der Waals surface area contributed by atoms with E-state index >= 15 is 0 Å². The van der Waals surface area contributed by atoms with Gasteiger partial charge in [0.2, 0.25) is 10.0 Å². The summed E-state index contributed by atoms with van der Waals surface area (Å²) in [6.45, 7) is 1.22. The van der Waals surface area contributed by atoms with Crippen LogP contribution >= 0.6 is 0 Å². The summed E-state index contributed by atoms with van der Waals surface area (Å²) in [7, 11) is -3.65. The number of hydrogen-bond acceptors (Lipinski definition) is 5. The highest BCUT2D eigenvalue weighted by molar-refractivity contribution is 7.89. The largest absolute Gasteiger partial charge is 0.456 e. The number of primary amides is 1. The van der Waals surface area contributed by atoms with E-state index in [9.17, 15) is 18.0 Å². The molecule has 1 aromatic rings. The lowest BCUT2D eigenvalue weighted by molar-refractivity contribution is -0.147. The van der Waals surface area contributed by atoms with Crippen LogP contribution < -0.4 is 10.5 Å². The summed E-state index contributed by atoms with van der Waals surface area (Å²) >= 11 is 0. The van der Waals surface area contributed by atoms with Crippen LogP contribution in [0, 0.1) is 6.92 Å². The number of nitrogens with one attached hydrogen (secondary N) is 1. The normalized spacial score (nSPS) is 11.1. The molecule has 20 heavy (non-hydrogen) atoms. The number of carbonyl (C=O) groups excluding carboxylic acids is 2. The second-order valence-corrected chi connectivity index (χ2v) is 5.85. The van der Waals surface area contributed by atoms with E-state index in [-0.39, 0.29) is 17.9 Å². The molecule has 0 aromatic heterocycles. The monoisotopic (exact) mass is 300 g/mol. The molecule has 0 spiro atoms. The number of esters is 1. The van der Waals surface area contributed by atoms with Crippen molar-refractivity contribution in [1.29, 1.82) is 0 Å². The van der Waals surface area contributed by atoms with Crippen LogP contribution in [-0.2, 0) is 24.3 Å². The van der Waals surface area contributed by atoms with Crippen LogP contribution in [0.2, 0.25) is 0 Å². The molecule has 0 aliphatic heterocycles. The topological polar surface area (TPSA) is 116 Å². The van der Waals surface area contributed by atoms with Gasteiger partial charge in [-0.05, 0) is 19.1 Å². The van der Waals surface area contributed by atoms with Crippen LogP contribution in [0.1, 0.15) is 12.0 Å². The molecule has 0 fully saturated rings. The SMILES string of the molecule is Cc1ccc(S(=O)(=O)NCCC(=O)OCC(N)=O)cc1. The first-order valence-corrected chi connectivity index (χ1v) is 7.30. The second-order valence-electron chi connectivity index (χ2n) is 4.09. The maximum Gasteiger partial charge on any atom is 0.307 e. The predicted octanol–water partition coefficient (Wildman–Crippen LogP) is -0.308. The number of amides is 1. The third-order valence-electron chi connectivity index (χ3n) is 2.33. The molecule has 1 amide bonds. The Morgan fingerprint density at radius 2 is 1.85 bits per heavy atom. The van der Waals surface area contributed by atoms with Gasteiger partial charge in [-0.25, -0.2) is 13.1 Å². The van der Waals surface area contributed by atoms with Gasteiger partial charge >= 0.3 is 5.97 Å². The molecular weight excluding hydrogens is 284 g/mol. The van der Waals surface area contributed by atoms with Crippen LogP contribution in [0.15, 0.2) is 29.2 Å². The van der Waals surface area contributed by atoms with Crippen LogP contribution in [0.5, 0.6) is 0 Å². The Kier molecular flexibility index (Phi) is 5.66. The molecule has 110 valence electrons. The summed E-state index contributed by atoms with van der Waals surface area (Å²) in [5, 5.41) is 0. The molecule has 1 rings (SSSR count). The van der Waals surface area contributed by atoms with Crippen molar-refractivity contribution in [2.24, 2.45) is 5.73 Å². The molecule has 0 aliphatic rings. The molecule has 0 saturated heterocycles. The highest BCUT2D eigenvalue weighted by Gasteiger charge is 2.14. The molecule has 0 radical (unpaired) electrons. The van der Waals surface area contributed by atoms with Crippen LogP contribution in [0.3, 0.4) is 0 Å². The Labute approximate surface area is 117 Å². The smallest absolute Gasteiger partial charge is 0.307 e. The summed E-state index contributed by atoms with van der Waals surface area (Å²) in [5.41, 5.74) is 5.74. The van der Waals surface area contributed by atoms with Crippen molar-refractivity contribution in [3.8, 4) is 0 Å². The fourth-order valence-electron chi connectivity index (χ4n) is 1.31. The van der Waals surface area contributed by atoms with Gasteiger partial charge in [0.05, 0.1) is 11.3 Å². The lowest BCUT2D eigenvalue weighted by Crippen LogP contribution is -2.28.